The molecule has 0 unspecified atom stereocenters. The highest BCUT2D eigenvalue weighted by Gasteiger charge is 2.36. The van der Waals surface area contributed by atoms with Crippen molar-refractivity contribution in [1.29, 1.82) is 5.26 Å². The Kier molecular flexibility index (Phi) is 6.92. The minimum Gasteiger partial charge on any atom is -0.198 e. The summed E-state index contributed by atoms with van der Waals surface area (Å²) < 4.78 is 0. The van der Waals surface area contributed by atoms with E-state index in [0.717, 1.165) is 0 Å². The first-order chi connectivity index (χ1) is 14.4. The van der Waals surface area contributed by atoms with Crippen LogP contribution in [0.3, 0.4) is 0 Å². The van der Waals surface area contributed by atoms with Gasteiger partial charge in [-0.15, -0.1) is 0 Å². The van der Waals surface area contributed by atoms with Crippen molar-refractivity contribution in [1.82, 2.24) is 0 Å². The van der Waals surface area contributed by atoms with Gasteiger partial charge in [-0.3, -0.25) is 0 Å². The fourth-order valence-electron chi connectivity index (χ4n) is 4.24. The Hall–Kier alpha value is -2.68. The second kappa shape index (κ2) is 9.42. The standard InChI is InChI=1S/C27H31NSi2/c1-29(2,24-16-10-6-11-17-24)26(20-21-28)22-27(23-14-8-5-9-15-23)30(3,4)25-18-12-7-13-19-25/h5-19,22,27H,20H2,1-4H3/b26-22+/t27-/m0/s1. The molecule has 0 radical (unpaired) electrons. The molecule has 0 aliphatic heterocycles. The van der Waals surface area contributed by atoms with Gasteiger partial charge in [-0.25, -0.2) is 0 Å². The lowest BCUT2D eigenvalue weighted by atomic mass is 10.1. The lowest BCUT2D eigenvalue weighted by Gasteiger charge is -2.34. The van der Waals surface area contributed by atoms with E-state index in [9.17, 15) is 5.26 Å². The van der Waals surface area contributed by atoms with Crippen molar-refractivity contribution in [2.45, 2.75) is 38.2 Å². The van der Waals surface area contributed by atoms with Gasteiger partial charge >= 0.3 is 0 Å². The van der Waals surface area contributed by atoms with Gasteiger partial charge in [0.05, 0.1) is 20.6 Å². The maximum atomic E-state index is 9.69. The quantitative estimate of drug-likeness (QED) is 0.431. The summed E-state index contributed by atoms with van der Waals surface area (Å²) in [5.74, 6) is 0. The van der Waals surface area contributed by atoms with Gasteiger partial charge in [0.25, 0.3) is 0 Å². The van der Waals surface area contributed by atoms with Crippen LogP contribution in [0.25, 0.3) is 0 Å². The van der Waals surface area contributed by atoms with E-state index in [1.54, 1.807) is 0 Å². The molecule has 0 aliphatic carbocycles. The van der Waals surface area contributed by atoms with Crippen molar-refractivity contribution in [2.75, 3.05) is 0 Å². The highest BCUT2D eigenvalue weighted by molar-refractivity contribution is 6.96. The lowest BCUT2D eigenvalue weighted by molar-refractivity contribution is 1.11. The minimum atomic E-state index is -1.94. The Balaban J connectivity index is 2.17. The number of hydrogen-bond donors (Lipinski definition) is 0. The molecule has 3 heteroatoms. The molecule has 1 nitrogen and oxygen atoms in total. The van der Waals surface area contributed by atoms with Gasteiger partial charge < -0.3 is 0 Å². The molecule has 152 valence electrons. The zero-order valence-corrected chi connectivity index (χ0v) is 20.5. The van der Waals surface area contributed by atoms with Crippen molar-refractivity contribution in [2.24, 2.45) is 0 Å². The summed E-state index contributed by atoms with van der Waals surface area (Å²) in [7, 11) is -3.83. The van der Waals surface area contributed by atoms with Gasteiger partial charge in [0, 0.05) is 5.54 Å². The molecule has 0 aliphatic rings. The van der Waals surface area contributed by atoms with Gasteiger partial charge in [0.2, 0.25) is 0 Å². The zero-order valence-electron chi connectivity index (χ0n) is 18.5. The SMILES string of the molecule is C[Si](C)(/C(=C/[C@@H](c1ccccc1)[Si](C)(C)c1ccccc1)CC#N)c1ccccc1. The van der Waals surface area contributed by atoms with E-state index in [0.29, 0.717) is 12.0 Å². The number of allylic oxidation sites excluding steroid dienone is 2. The van der Waals surface area contributed by atoms with Crippen LogP contribution in [0.15, 0.2) is 102 Å². The number of hydrogen-bond acceptors (Lipinski definition) is 1. The molecule has 0 saturated carbocycles. The average molecular weight is 426 g/mol. The first kappa shape index (κ1) is 22.0. The maximum absolute atomic E-state index is 9.69. The van der Waals surface area contributed by atoms with Crippen LogP contribution in [0.5, 0.6) is 0 Å². The highest BCUT2D eigenvalue weighted by atomic mass is 28.3. The predicted octanol–water partition coefficient (Wildman–Crippen LogP) is 5.92. The second-order valence-electron chi connectivity index (χ2n) is 8.99. The lowest BCUT2D eigenvalue weighted by Crippen LogP contribution is -2.49. The van der Waals surface area contributed by atoms with E-state index in [-0.39, 0.29) is 0 Å². The minimum absolute atomic E-state index is 0.319. The molecule has 3 aromatic carbocycles. The number of rotatable bonds is 7. The average Bonchev–Trinajstić information content (AvgIpc) is 2.78. The molecule has 3 aromatic rings. The molecule has 3 rings (SSSR count). The molecule has 0 bridgehead atoms. The summed E-state index contributed by atoms with van der Waals surface area (Å²) in [6, 6.07) is 35.0. The van der Waals surface area contributed by atoms with E-state index < -0.39 is 16.1 Å². The topological polar surface area (TPSA) is 23.8 Å². The van der Waals surface area contributed by atoms with Crippen molar-refractivity contribution in [3.8, 4) is 6.07 Å². The van der Waals surface area contributed by atoms with Crippen LogP contribution < -0.4 is 10.4 Å². The van der Waals surface area contributed by atoms with E-state index in [4.69, 9.17) is 0 Å². The van der Waals surface area contributed by atoms with Crippen molar-refractivity contribution >= 4 is 26.5 Å². The molecule has 0 saturated heterocycles. The Bertz CT molecular complexity index is 1020. The Morgan fingerprint density at radius 3 is 1.73 bits per heavy atom. The van der Waals surface area contributed by atoms with Crippen LogP contribution >= 0.6 is 0 Å². The highest BCUT2D eigenvalue weighted by Crippen LogP contribution is 2.32. The Morgan fingerprint density at radius 2 is 1.23 bits per heavy atom. The normalized spacial score (nSPS) is 13.5. The Labute approximate surface area is 183 Å². The molecule has 30 heavy (non-hydrogen) atoms. The van der Waals surface area contributed by atoms with E-state index in [2.05, 4.69) is 129 Å². The van der Waals surface area contributed by atoms with Crippen LogP contribution in [0, 0.1) is 11.3 Å². The summed E-state index contributed by atoms with van der Waals surface area (Å²) >= 11 is 0. The molecular formula is C27H31NSi2. The Morgan fingerprint density at radius 1 is 0.767 bits per heavy atom. The van der Waals surface area contributed by atoms with Crippen LogP contribution in [0.1, 0.15) is 17.5 Å². The summed E-state index contributed by atoms with van der Waals surface area (Å²) in [6.45, 7) is 9.67. The van der Waals surface area contributed by atoms with Gasteiger partial charge in [-0.05, 0) is 5.56 Å². The van der Waals surface area contributed by atoms with E-state index in [1.165, 1.54) is 21.1 Å². The van der Waals surface area contributed by atoms with E-state index >= 15 is 0 Å². The fourth-order valence-corrected chi connectivity index (χ4v) is 9.97. The first-order valence-corrected chi connectivity index (χ1v) is 16.7. The number of nitriles is 1. The zero-order chi connectivity index (χ0) is 21.6. The largest absolute Gasteiger partial charge is 0.198 e. The fraction of sp³-hybridized carbons (Fsp3) is 0.222. The number of benzene rings is 3. The molecule has 1 atom stereocenters. The number of nitrogens with zero attached hydrogens (tertiary/aromatic N) is 1. The maximum Gasteiger partial charge on any atom is 0.108 e. The summed E-state index contributed by atoms with van der Waals surface area (Å²) in [4.78, 5) is 0. The van der Waals surface area contributed by atoms with Crippen molar-refractivity contribution in [3.05, 3.63) is 108 Å². The predicted molar refractivity (Wildman–Crippen MR) is 135 cm³/mol. The molecule has 0 aromatic heterocycles. The van der Waals surface area contributed by atoms with E-state index in [1.807, 2.05) is 0 Å². The van der Waals surface area contributed by atoms with Crippen molar-refractivity contribution < 1.29 is 0 Å². The van der Waals surface area contributed by atoms with Crippen LogP contribution in [-0.4, -0.2) is 16.1 Å². The molecular weight excluding hydrogens is 394 g/mol. The summed E-state index contributed by atoms with van der Waals surface area (Å²) in [5.41, 5.74) is 1.67. The van der Waals surface area contributed by atoms with Gasteiger partial charge in [-0.2, -0.15) is 5.26 Å². The van der Waals surface area contributed by atoms with Gasteiger partial charge in [-0.1, -0.05) is 139 Å². The third-order valence-electron chi connectivity index (χ3n) is 6.39. The first-order valence-electron chi connectivity index (χ1n) is 10.6. The van der Waals surface area contributed by atoms with Gasteiger partial charge in [0.15, 0.2) is 0 Å². The van der Waals surface area contributed by atoms with Crippen LogP contribution in [0.2, 0.25) is 26.2 Å². The molecule has 0 fully saturated rings. The molecule has 0 spiro atoms. The van der Waals surface area contributed by atoms with Crippen LogP contribution in [-0.2, 0) is 0 Å². The third kappa shape index (κ3) is 4.72. The molecule has 0 heterocycles. The monoisotopic (exact) mass is 425 g/mol. The third-order valence-corrected chi connectivity index (χ3v) is 14.0. The van der Waals surface area contributed by atoms with Gasteiger partial charge in [0.1, 0.15) is 8.07 Å². The summed E-state index contributed by atoms with van der Waals surface area (Å²) in [6.07, 6.45) is 2.98. The molecule has 0 amide bonds. The second-order valence-corrected chi connectivity index (χ2v) is 18.1. The van der Waals surface area contributed by atoms with Crippen molar-refractivity contribution in [3.63, 3.8) is 0 Å². The summed E-state index contributed by atoms with van der Waals surface area (Å²) in [5, 5.41) is 13.9. The smallest absolute Gasteiger partial charge is 0.108 e. The molecule has 0 N–H and O–H groups in total. The van der Waals surface area contributed by atoms with Crippen LogP contribution in [0.4, 0.5) is 0 Å².